The Morgan fingerprint density at radius 2 is 2.07 bits per heavy atom. The van der Waals surface area contributed by atoms with Gasteiger partial charge in [0.25, 0.3) is 11.8 Å². The van der Waals surface area contributed by atoms with Crippen molar-refractivity contribution in [2.45, 2.75) is 38.1 Å². The predicted molar refractivity (Wildman–Crippen MR) is 99.1 cm³/mol. The lowest BCUT2D eigenvalue weighted by molar-refractivity contribution is -0.136. The van der Waals surface area contributed by atoms with Crippen molar-refractivity contribution >= 4 is 29.4 Å². The van der Waals surface area contributed by atoms with Gasteiger partial charge in [0.15, 0.2) is 0 Å². The fourth-order valence-electron chi connectivity index (χ4n) is 3.87. The first kappa shape index (κ1) is 18.9. The van der Waals surface area contributed by atoms with E-state index in [-0.39, 0.29) is 24.3 Å². The zero-order valence-electron chi connectivity index (χ0n) is 15.5. The Bertz CT molecular complexity index is 794. The minimum Gasteiger partial charge on any atom is -0.355 e. The summed E-state index contributed by atoms with van der Waals surface area (Å²) in [6.45, 7) is 1.61. The Kier molecular flexibility index (Phi) is 5.16. The van der Waals surface area contributed by atoms with Crippen molar-refractivity contribution in [2.24, 2.45) is 5.92 Å². The van der Waals surface area contributed by atoms with E-state index < -0.39 is 17.5 Å². The van der Waals surface area contributed by atoms with Crippen LogP contribution in [0.2, 0.25) is 0 Å². The van der Waals surface area contributed by atoms with Crippen LogP contribution < -0.4 is 16.0 Å². The van der Waals surface area contributed by atoms with Crippen molar-refractivity contribution in [3.8, 4) is 0 Å². The van der Waals surface area contributed by atoms with Crippen molar-refractivity contribution in [1.82, 2.24) is 15.5 Å². The molecular weight excluding hydrogens is 348 g/mol. The van der Waals surface area contributed by atoms with Crippen LogP contribution >= 0.6 is 0 Å². The SMILES string of the molecule is CNC(=O)c1cccc(NC(=O)CN2C(=O)NC3(CCCCC3C)C2=O)c1. The zero-order chi connectivity index (χ0) is 19.6. The summed E-state index contributed by atoms with van der Waals surface area (Å²) in [7, 11) is 1.52. The number of nitrogens with zero attached hydrogens (tertiary/aromatic N) is 1. The number of benzene rings is 1. The van der Waals surface area contributed by atoms with Gasteiger partial charge in [0.1, 0.15) is 12.1 Å². The van der Waals surface area contributed by atoms with Gasteiger partial charge in [-0.3, -0.25) is 19.3 Å². The topological polar surface area (TPSA) is 108 Å². The average molecular weight is 372 g/mol. The van der Waals surface area contributed by atoms with Gasteiger partial charge >= 0.3 is 6.03 Å². The second-order valence-corrected chi connectivity index (χ2v) is 7.15. The van der Waals surface area contributed by atoms with Crippen molar-refractivity contribution in [3.05, 3.63) is 29.8 Å². The molecule has 1 aliphatic carbocycles. The number of rotatable bonds is 4. The molecule has 1 aromatic carbocycles. The van der Waals surface area contributed by atoms with Gasteiger partial charge in [-0.05, 0) is 37.0 Å². The Balaban J connectivity index is 1.68. The summed E-state index contributed by atoms with van der Waals surface area (Å²) in [6.07, 6.45) is 3.39. The van der Waals surface area contributed by atoms with Crippen LogP contribution in [0.5, 0.6) is 0 Å². The molecule has 27 heavy (non-hydrogen) atoms. The number of nitrogens with one attached hydrogen (secondary N) is 3. The fourth-order valence-corrected chi connectivity index (χ4v) is 3.87. The normalized spacial score (nSPS) is 24.7. The van der Waals surface area contributed by atoms with E-state index >= 15 is 0 Å². The Morgan fingerprint density at radius 1 is 1.30 bits per heavy atom. The maximum absolute atomic E-state index is 12.9. The highest BCUT2D eigenvalue weighted by Crippen LogP contribution is 2.38. The largest absolute Gasteiger partial charge is 0.355 e. The molecule has 0 aromatic heterocycles. The molecular formula is C19H24N4O4. The lowest BCUT2D eigenvalue weighted by atomic mass is 9.73. The summed E-state index contributed by atoms with van der Waals surface area (Å²) < 4.78 is 0. The van der Waals surface area contributed by atoms with Gasteiger partial charge in [0, 0.05) is 18.3 Å². The summed E-state index contributed by atoms with van der Waals surface area (Å²) in [5.74, 6) is -1.05. The Hall–Kier alpha value is -2.90. The second-order valence-electron chi connectivity index (χ2n) is 7.15. The van der Waals surface area contributed by atoms with Gasteiger partial charge in [0.2, 0.25) is 5.91 Å². The monoisotopic (exact) mass is 372 g/mol. The number of hydrogen-bond acceptors (Lipinski definition) is 4. The first-order chi connectivity index (χ1) is 12.9. The number of carbonyl (C=O) groups is 4. The van der Waals surface area contributed by atoms with E-state index in [9.17, 15) is 19.2 Å². The van der Waals surface area contributed by atoms with E-state index in [1.54, 1.807) is 18.2 Å². The second kappa shape index (κ2) is 7.38. The smallest absolute Gasteiger partial charge is 0.325 e. The summed E-state index contributed by atoms with van der Waals surface area (Å²) in [5.41, 5.74) is -0.0523. The average Bonchev–Trinajstić information content (AvgIpc) is 2.88. The van der Waals surface area contributed by atoms with Crippen molar-refractivity contribution in [2.75, 3.05) is 18.9 Å². The van der Waals surface area contributed by atoms with E-state index in [1.165, 1.54) is 13.1 Å². The molecule has 8 nitrogen and oxygen atoms in total. The molecule has 3 rings (SSSR count). The van der Waals surface area contributed by atoms with Crippen molar-refractivity contribution < 1.29 is 19.2 Å². The van der Waals surface area contributed by atoms with Gasteiger partial charge in [-0.25, -0.2) is 4.79 Å². The summed E-state index contributed by atoms with van der Waals surface area (Å²) >= 11 is 0. The van der Waals surface area contributed by atoms with Crippen molar-refractivity contribution in [1.29, 1.82) is 0 Å². The highest BCUT2D eigenvalue weighted by Gasteiger charge is 2.55. The molecule has 1 aromatic rings. The maximum Gasteiger partial charge on any atom is 0.325 e. The molecule has 144 valence electrons. The van der Waals surface area contributed by atoms with E-state index in [2.05, 4.69) is 16.0 Å². The van der Waals surface area contributed by atoms with Crippen LogP contribution in [0, 0.1) is 5.92 Å². The molecule has 0 radical (unpaired) electrons. The van der Waals surface area contributed by atoms with E-state index in [1.807, 2.05) is 6.92 Å². The number of imide groups is 1. The quantitative estimate of drug-likeness (QED) is 0.696. The third-order valence-corrected chi connectivity index (χ3v) is 5.44. The van der Waals surface area contributed by atoms with E-state index in [4.69, 9.17) is 0 Å². The van der Waals surface area contributed by atoms with Crippen LogP contribution in [0.4, 0.5) is 10.5 Å². The number of urea groups is 1. The van der Waals surface area contributed by atoms with Crippen LogP contribution in [-0.2, 0) is 9.59 Å². The predicted octanol–water partition coefficient (Wildman–Crippen LogP) is 1.49. The van der Waals surface area contributed by atoms with E-state index in [0.29, 0.717) is 17.7 Å². The number of anilines is 1. The number of hydrogen-bond donors (Lipinski definition) is 3. The van der Waals surface area contributed by atoms with Crippen LogP contribution in [0.25, 0.3) is 0 Å². The first-order valence-corrected chi connectivity index (χ1v) is 9.13. The van der Waals surface area contributed by atoms with Gasteiger partial charge in [-0.15, -0.1) is 0 Å². The van der Waals surface area contributed by atoms with Gasteiger partial charge in [-0.1, -0.05) is 25.8 Å². The molecule has 2 fully saturated rings. The number of carbonyl (C=O) groups excluding carboxylic acids is 4. The highest BCUT2D eigenvalue weighted by molar-refractivity contribution is 6.10. The number of amides is 5. The molecule has 8 heteroatoms. The molecule has 0 bridgehead atoms. The van der Waals surface area contributed by atoms with E-state index in [0.717, 1.165) is 24.2 Å². The lowest BCUT2D eigenvalue weighted by Crippen LogP contribution is -2.54. The third-order valence-electron chi connectivity index (χ3n) is 5.44. The Morgan fingerprint density at radius 3 is 2.78 bits per heavy atom. The Labute approximate surface area is 157 Å². The highest BCUT2D eigenvalue weighted by atomic mass is 16.2. The summed E-state index contributed by atoms with van der Waals surface area (Å²) in [4.78, 5) is 50.3. The summed E-state index contributed by atoms with van der Waals surface area (Å²) in [5, 5.41) is 7.97. The molecule has 1 heterocycles. The molecule has 2 unspecified atom stereocenters. The maximum atomic E-state index is 12.9. The molecule has 1 spiro atoms. The summed E-state index contributed by atoms with van der Waals surface area (Å²) in [6, 6.07) is 5.92. The first-order valence-electron chi connectivity index (χ1n) is 9.13. The van der Waals surface area contributed by atoms with Crippen LogP contribution in [0.3, 0.4) is 0 Å². The van der Waals surface area contributed by atoms with Crippen LogP contribution in [0.15, 0.2) is 24.3 Å². The van der Waals surface area contributed by atoms with Gasteiger partial charge in [0.05, 0.1) is 0 Å². The molecule has 2 atom stereocenters. The third kappa shape index (κ3) is 3.51. The van der Waals surface area contributed by atoms with Crippen LogP contribution in [0.1, 0.15) is 43.0 Å². The standard InChI is InChI=1S/C19H24N4O4/c1-12-6-3-4-9-19(12)17(26)23(18(27)22-19)11-15(24)21-14-8-5-7-13(10-14)16(25)20-2/h5,7-8,10,12H,3-4,6,9,11H2,1-2H3,(H,20,25)(H,21,24)(H,22,27). The molecule has 1 saturated carbocycles. The molecule has 2 aliphatic rings. The lowest BCUT2D eigenvalue weighted by Gasteiger charge is -2.36. The molecule has 3 N–H and O–H groups in total. The van der Waals surface area contributed by atoms with Crippen molar-refractivity contribution in [3.63, 3.8) is 0 Å². The van der Waals surface area contributed by atoms with Crippen LogP contribution in [-0.4, -0.2) is 47.8 Å². The molecule has 5 amide bonds. The molecule has 1 saturated heterocycles. The fraction of sp³-hybridized carbons (Fsp3) is 0.474. The zero-order valence-corrected chi connectivity index (χ0v) is 15.5. The van der Waals surface area contributed by atoms with Gasteiger partial charge in [-0.2, -0.15) is 0 Å². The molecule has 1 aliphatic heterocycles. The van der Waals surface area contributed by atoms with Gasteiger partial charge < -0.3 is 16.0 Å². The minimum absolute atomic E-state index is 0.0417. The minimum atomic E-state index is -0.880.